The lowest BCUT2D eigenvalue weighted by Gasteiger charge is -2.22. The monoisotopic (exact) mass is 457 g/mol. The molecular formula is C28H31N3O3. The highest BCUT2D eigenvalue weighted by atomic mass is 16.5. The number of aryl methyl sites for hydroxylation is 1. The molecule has 3 aromatic carbocycles. The minimum absolute atomic E-state index is 0.0556. The van der Waals surface area contributed by atoms with E-state index in [1.165, 1.54) is 0 Å². The summed E-state index contributed by atoms with van der Waals surface area (Å²) < 4.78 is 13.7. The van der Waals surface area contributed by atoms with Crippen LogP contribution in [-0.4, -0.2) is 40.5 Å². The van der Waals surface area contributed by atoms with E-state index in [9.17, 15) is 5.11 Å². The molecule has 6 nitrogen and oxygen atoms in total. The molecule has 2 unspecified atom stereocenters. The Morgan fingerprint density at radius 1 is 0.941 bits per heavy atom. The van der Waals surface area contributed by atoms with Gasteiger partial charge < -0.3 is 24.5 Å². The molecule has 1 aromatic heterocycles. The van der Waals surface area contributed by atoms with E-state index in [0.29, 0.717) is 13.2 Å². The third-order valence-electron chi connectivity index (χ3n) is 5.55. The van der Waals surface area contributed by atoms with Gasteiger partial charge in [0, 0.05) is 37.1 Å². The van der Waals surface area contributed by atoms with E-state index in [4.69, 9.17) is 9.47 Å². The Morgan fingerprint density at radius 3 is 2.50 bits per heavy atom. The van der Waals surface area contributed by atoms with Crippen molar-refractivity contribution in [2.45, 2.75) is 25.5 Å². The van der Waals surface area contributed by atoms with E-state index in [0.717, 1.165) is 34.7 Å². The lowest BCUT2D eigenvalue weighted by atomic mass is 10.0. The number of benzene rings is 3. The van der Waals surface area contributed by atoms with E-state index >= 15 is 0 Å². The molecule has 0 saturated carbocycles. The highest BCUT2D eigenvalue weighted by Crippen LogP contribution is 2.20. The summed E-state index contributed by atoms with van der Waals surface area (Å²) in [5.74, 6) is 1.59. The predicted octanol–water partition coefficient (Wildman–Crippen LogP) is 4.72. The van der Waals surface area contributed by atoms with Crippen molar-refractivity contribution in [2.75, 3.05) is 19.8 Å². The minimum atomic E-state index is -0.622. The first kappa shape index (κ1) is 23.5. The highest BCUT2D eigenvalue weighted by Gasteiger charge is 2.14. The molecular weight excluding hydrogens is 426 g/mol. The van der Waals surface area contributed by atoms with Crippen LogP contribution in [0.5, 0.6) is 11.5 Å². The zero-order valence-electron chi connectivity index (χ0n) is 19.4. The number of aromatic nitrogens is 2. The molecule has 0 radical (unpaired) electrons. The van der Waals surface area contributed by atoms with Gasteiger partial charge in [-0.3, -0.25) is 0 Å². The molecule has 0 spiro atoms. The molecule has 0 amide bonds. The van der Waals surface area contributed by atoms with E-state index in [-0.39, 0.29) is 12.6 Å². The van der Waals surface area contributed by atoms with Gasteiger partial charge in [-0.05, 0) is 54.4 Å². The molecule has 0 saturated heterocycles. The highest BCUT2D eigenvalue weighted by molar-refractivity contribution is 5.37. The average Bonchev–Trinajstić information content (AvgIpc) is 3.41. The molecule has 0 aliphatic heterocycles. The number of hydrogen-bond acceptors (Lipinski definition) is 5. The van der Waals surface area contributed by atoms with Crippen LogP contribution in [0, 0.1) is 6.92 Å². The third-order valence-corrected chi connectivity index (χ3v) is 5.55. The standard InChI is InChI=1S/C28H31N3O3/c1-22-6-5-9-27(18-22)34-20-25(32)19-30-28(23-7-3-2-4-8-23)14-17-33-26-12-10-24(11-13-26)31-16-15-29-21-31/h2-13,15-16,18,21,25,28,30,32H,14,17,19-20H2,1H3. The van der Waals surface area contributed by atoms with Gasteiger partial charge in [0.1, 0.15) is 24.2 Å². The minimum Gasteiger partial charge on any atom is -0.494 e. The summed E-state index contributed by atoms with van der Waals surface area (Å²) in [6.07, 6.45) is 5.58. The smallest absolute Gasteiger partial charge is 0.119 e. The first-order chi connectivity index (χ1) is 16.7. The van der Waals surface area contributed by atoms with E-state index in [2.05, 4.69) is 22.4 Å². The molecule has 34 heavy (non-hydrogen) atoms. The summed E-state index contributed by atoms with van der Waals surface area (Å²) in [7, 11) is 0. The predicted molar refractivity (Wildman–Crippen MR) is 134 cm³/mol. The van der Waals surface area contributed by atoms with Gasteiger partial charge in [-0.15, -0.1) is 0 Å². The van der Waals surface area contributed by atoms with Gasteiger partial charge >= 0.3 is 0 Å². The van der Waals surface area contributed by atoms with Gasteiger partial charge in [0.05, 0.1) is 12.9 Å². The van der Waals surface area contributed by atoms with Gasteiger partial charge in [0.15, 0.2) is 0 Å². The fourth-order valence-electron chi connectivity index (χ4n) is 3.73. The molecule has 0 aliphatic carbocycles. The lowest BCUT2D eigenvalue weighted by Crippen LogP contribution is -2.34. The first-order valence-electron chi connectivity index (χ1n) is 11.5. The fraction of sp³-hybridized carbons (Fsp3) is 0.250. The maximum atomic E-state index is 10.5. The number of nitrogens with zero attached hydrogens (tertiary/aromatic N) is 2. The zero-order chi connectivity index (χ0) is 23.6. The molecule has 6 heteroatoms. The van der Waals surface area contributed by atoms with E-state index in [1.54, 1.807) is 12.5 Å². The summed E-state index contributed by atoms with van der Waals surface area (Å²) in [5.41, 5.74) is 3.33. The molecule has 4 rings (SSSR count). The Labute approximate surface area is 200 Å². The van der Waals surface area contributed by atoms with Crippen molar-refractivity contribution in [3.8, 4) is 17.2 Å². The summed E-state index contributed by atoms with van der Waals surface area (Å²) in [6.45, 7) is 3.22. The average molecular weight is 458 g/mol. The topological polar surface area (TPSA) is 68.5 Å². The van der Waals surface area contributed by atoms with Crippen LogP contribution >= 0.6 is 0 Å². The van der Waals surface area contributed by atoms with Crippen molar-refractivity contribution in [1.82, 2.24) is 14.9 Å². The Kier molecular flexibility index (Phi) is 8.32. The first-order valence-corrected chi connectivity index (χ1v) is 11.5. The van der Waals surface area contributed by atoms with E-state index in [1.807, 2.05) is 84.4 Å². The Morgan fingerprint density at radius 2 is 1.76 bits per heavy atom. The maximum Gasteiger partial charge on any atom is 0.119 e. The molecule has 4 aromatic rings. The quantitative estimate of drug-likeness (QED) is 0.322. The fourth-order valence-corrected chi connectivity index (χ4v) is 3.73. The van der Waals surface area contributed by atoms with Crippen molar-refractivity contribution >= 4 is 0 Å². The molecule has 1 heterocycles. The van der Waals surface area contributed by atoms with Crippen molar-refractivity contribution in [3.05, 3.63) is 109 Å². The van der Waals surface area contributed by atoms with Crippen LogP contribution in [0.1, 0.15) is 23.6 Å². The number of rotatable bonds is 12. The summed E-state index contributed by atoms with van der Waals surface area (Å²) in [6, 6.07) is 26.1. The largest absolute Gasteiger partial charge is 0.494 e. The second-order valence-electron chi connectivity index (χ2n) is 8.25. The molecule has 176 valence electrons. The zero-order valence-corrected chi connectivity index (χ0v) is 19.4. The van der Waals surface area contributed by atoms with Gasteiger partial charge in [0.2, 0.25) is 0 Å². The van der Waals surface area contributed by atoms with Gasteiger partial charge in [-0.25, -0.2) is 4.98 Å². The van der Waals surface area contributed by atoms with Crippen LogP contribution in [0.15, 0.2) is 97.6 Å². The maximum absolute atomic E-state index is 10.5. The SMILES string of the molecule is Cc1cccc(OCC(O)CNC(CCOc2ccc(-n3ccnc3)cc2)c2ccccc2)c1. The van der Waals surface area contributed by atoms with Crippen LogP contribution in [0.2, 0.25) is 0 Å². The Hall–Kier alpha value is -3.61. The van der Waals surface area contributed by atoms with Gasteiger partial charge in [0.25, 0.3) is 0 Å². The summed E-state index contributed by atoms with van der Waals surface area (Å²) >= 11 is 0. The molecule has 2 atom stereocenters. The van der Waals surface area contributed by atoms with Gasteiger partial charge in [-0.1, -0.05) is 42.5 Å². The lowest BCUT2D eigenvalue weighted by molar-refractivity contribution is 0.102. The van der Waals surface area contributed by atoms with Crippen molar-refractivity contribution in [3.63, 3.8) is 0 Å². The number of aliphatic hydroxyl groups is 1. The van der Waals surface area contributed by atoms with Crippen LogP contribution in [0.3, 0.4) is 0 Å². The Balaban J connectivity index is 1.28. The van der Waals surface area contributed by atoms with Crippen LogP contribution in [0.25, 0.3) is 5.69 Å². The Bertz CT molecular complexity index is 1120. The van der Waals surface area contributed by atoms with Crippen molar-refractivity contribution < 1.29 is 14.6 Å². The molecule has 0 aliphatic rings. The molecule has 2 N–H and O–H groups in total. The number of ether oxygens (including phenoxy) is 2. The second kappa shape index (κ2) is 12.0. The molecule has 0 fully saturated rings. The van der Waals surface area contributed by atoms with Gasteiger partial charge in [-0.2, -0.15) is 0 Å². The van der Waals surface area contributed by atoms with Crippen molar-refractivity contribution in [1.29, 1.82) is 0 Å². The van der Waals surface area contributed by atoms with Crippen LogP contribution in [0.4, 0.5) is 0 Å². The summed E-state index contributed by atoms with van der Waals surface area (Å²) in [5, 5.41) is 13.9. The number of aliphatic hydroxyl groups excluding tert-OH is 1. The number of nitrogens with one attached hydrogen (secondary N) is 1. The second-order valence-corrected chi connectivity index (χ2v) is 8.25. The van der Waals surface area contributed by atoms with Crippen LogP contribution < -0.4 is 14.8 Å². The number of imidazole rings is 1. The van der Waals surface area contributed by atoms with Crippen molar-refractivity contribution in [2.24, 2.45) is 0 Å². The normalized spacial score (nSPS) is 12.8. The molecule has 0 bridgehead atoms. The summed E-state index contributed by atoms with van der Waals surface area (Å²) in [4.78, 5) is 4.08. The third kappa shape index (κ3) is 6.94. The number of hydrogen-bond donors (Lipinski definition) is 2. The van der Waals surface area contributed by atoms with Crippen LogP contribution in [-0.2, 0) is 0 Å². The van der Waals surface area contributed by atoms with E-state index < -0.39 is 6.10 Å².